The Morgan fingerprint density at radius 3 is 2.44 bits per heavy atom. The summed E-state index contributed by atoms with van der Waals surface area (Å²) in [5, 5.41) is 15.9. The molecule has 0 radical (unpaired) electrons. The maximum Gasteiger partial charge on any atom is 0.291 e. The predicted molar refractivity (Wildman–Crippen MR) is 163 cm³/mol. The van der Waals surface area contributed by atoms with Gasteiger partial charge in [0.25, 0.3) is 17.7 Å². The van der Waals surface area contributed by atoms with E-state index in [4.69, 9.17) is 16.3 Å². The Morgan fingerprint density at radius 1 is 1.11 bits per heavy atom. The summed E-state index contributed by atoms with van der Waals surface area (Å²) in [5.74, 6) is -3.53. The molecule has 0 bridgehead atoms. The molecule has 240 valence electrons. The third-order valence-corrected chi connectivity index (χ3v) is 8.96. The van der Waals surface area contributed by atoms with Gasteiger partial charge in [0.2, 0.25) is 5.82 Å². The van der Waals surface area contributed by atoms with Crippen LogP contribution in [0.2, 0.25) is 5.02 Å². The maximum atomic E-state index is 14.7. The Labute approximate surface area is 264 Å². The van der Waals surface area contributed by atoms with Gasteiger partial charge in [-0.25, -0.2) is 9.37 Å². The fourth-order valence-electron chi connectivity index (χ4n) is 6.12. The van der Waals surface area contributed by atoms with Crippen molar-refractivity contribution >= 4 is 35.0 Å². The summed E-state index contributed by atoms with van der Waals surface area (Å²) in [6, 6.07) is 6.78. The first-order valence-corrected chi connectivity index (χ1v) is 14.9. The molecule has 5 rings (SSSR count). The predicted octanol–water partition coefficient (Wildman–Crippen LogP) is 3.21. The van der Waals surface area contributed by atoms with Crippen LogP contribution in [0.15, 0.2) is 36.5 Å². The number of aliphatic hydroxyl groups is 1. The van der Waals surface area contributed by atoms with Gasteiger partial charge in [0.15, 0.2) is 23.4 Å². The number of carbonyl (C=O) groups is 3. The van der Waals surface area contributed by atoms with Crippen LogP contribution in [-0.4, -0.2) is 101 Å². The number of benzene rings is 2. The summed E-state index contributed by atoms with van der Waals surface area (Å²) in [6.07, 6.45) is 2.38. The van der Waals surface area contributed by atoms with Crippen LogP contribution in [0.25, 0.3) is 11.3 Å². The highest BCUT2D eigenvalue weighted by molar-refractivity contribution is 6.34. The molecular weight excluding hydrogens is 610 g/mol. The van der Waals surface area contributed by atoms with Crippen molar-refractivity contribution in [2.24, 2.45) is 7.05 Å². The van der Waals surface area contributed by atoms with Gasteiger partial charge in [0.1, 0.15) is 12.6 Å². The third kappa shape index (κ3) is 6.51. The Kier molecular flexibility index (Phi) is 9.15. The molecule has 3 amide bonds. The van der Waals surface area contributed by atoms with Crippen LogP contribution in [0.1, 0.15) is 40.2 Å². The number of amides is 3. The van der Waals surface area contributed by atoms with Crippen LogP contribution in [0, 0.1) is 11.6 Å². The van der Waals surface area contributed by atoms with Crippen LogP contribution in [-0.2, 0) is 11.8 Å². The molecule has 0 unspecified atom stereocenters. The van der Waals surface area contributed by atoms with Gasteiger partial charge >= 0.3 is 0 Å². The number of ether oxygens (including phenoxy) is 1. The van der Waals surface area contributed by atoms with Crippen molar-refractivity contribution < 1.29 is 37.5 Å². The average molecular weight is 646 g/mol. The van der Waals surface area contributed by atoms with Crippen molar-refractivity contribution in [3.05, 3.63) is 64.6 Å². The standard InChI is InChI=1S/C31H35ClF2N6O5/c1-38-23(21-7-8-25(45-4)27(34)26(21)33)15-35-28(38)30(43)37-18-5-6-20(22(32)13-18)31(44)39-11-9-17(10-12-39)36-29(42)24-14-19(41)16-40(24,2)3/h5-8,13,15,17,19,24,41H,9-12,14,16H2,1-4H3,(H-,36,37,42,43,44)/p+1/t19-,24+/m1/s1. The second-order valence-electron chi connectivity index (χ2n) is 12.1. The topological polar surface area (TPSA) is 126 Å². The number of piperidine rings is 1. The quantitative estimate of drug-likeness (QED) is 0.339. The second kappa shape index (κ2) is 12.7. The fourth-order valence-corrected chi connectivity index (χ4v) is 6.38. The van der Waals surface area contributed by atoms with E-state index in [1.807, 2.05) is 14.1 Å². The summed E-state index contributed by atoms with van der Waals surface area (Å²) < 4.78 is 35.5. The van der Waals surface area contributed by atoms with E-state index >= 15 is 0 Å². The molecule has 2 saturated heterocycles. The third-order valence-electron chi connectivity index (χ3n) is 8.64. The molecule has 14 heteroatoms. The summed E-state index contributed by atoms with van der Waals surface area (Å²) in [7, 11) is 6.61. The van der Waals surface area contributed by atoms with Gasteiger partial charge < -0.3 is 34.4 Å². The van der Waals surface area contributed by atoms with E-state index in [-0.39, 0.29) is 57.3 Å². The van der Waals surface area contributed by atoms with Gasteiger partial charge in [0, 0.05) is 43.9 Å². The largest absolute Gasteiger partial charge is 0.494 e. The molecule has 2 aromatic carbocycles. The van der Waals surface area contributed by atoms with Crippen molar-refractivity contribution in [1.29, 1.82) is 0 Å². The number of hydrogen-bond donors (Lipinski definition) is 3. The van der Waals surface area contributed by atoms with Gasteiger partial charge in [-0.1, -0.05) is 11.6 Å². The van der Waals surface area contributed by atoms with Crippen molar-refractivity contribution in [2.75, 3.05) is 46.2 Å². The summed E-state index contributed by atoms with van der Waals surface area (Å²) in [5.41, 5.74) is 0.679. The Balaban J connectivity index is 1.19. The summed E-state index contributed by atoms with van der Waals surface area (Å²) >= 11 is 6.47. The highest BCUT2D eigenvalue weighted by atomic mass is 35.5. The van der Waals surface area contributed by atoms with Gasteiger partial charge in [-0.05, 0) is 43.2 Å². The van der Waals surface area contributed by atoms with Crippen LogP contribution >= 0.6 is 11.6 Å². The molecule has 1 aromatic heterocycles. The molecule has 0 aliphatic carbocycles. The van der Waals surface area contributed by atoms with Crippen molar-refractivity contribution in [3.63, 3.8) is 0 Å². The van der Waals surface area contributed by atoms with Crippen LogP contribution in [0.4, 0.5) is 14.5 Å². The van der Waals surface area contributed by atoms with Crippen molar-refractivity contribution in [2.45, 2.75) is 37.5 Å². The average Bonchev–Trinajstić information content (AvgIpc) is 3.51. The molecule has 2 fully saturated rings. The first kappa shape index (κ1) is 32.3. The number of hydrogen-bond acceptors (Lipinski definition) is 6. The Bertz CT molecular complexity index is 1640. The van der Waals surface area contributed by atoms with Crippen molar-refractivity contribution in [3.8, 4) is 17.0 Å². The number of rotatable bonds is 7. The van der Waals surface area contributed by atoms with Gasteiger partial charge in [-0.3, -0.25) is 14.4 Å². The fraction of sp³-hybridized carbons (Fsp3) is 0.419. The monoisotopic (exact) mass is 645 g/mol. The maximum absolute atomic E-state index is 14.7. The Morgan fingerprint density at radius 2 is 1.82 bits per heavy atom. The molecule has 2 aliphatic heterocycles. The van der Waals surface area contributed by atoms with Crippen LogP contribution in [0.5, 0.6) is 5.75 Å². The molecule has 11 nitrogen and oxygen atoms in total. The number of likely N-dealkylation sites (tertiary alicyclic amines) is 2. The van der Waals surface area contributed by atoms with Gasteiger partial charge in [-0.2, -0.15) is 4.39 Å². The lowest BCUT2D eigenvalue weighted by Crippen LogP contribution is -2.55. The molecule has 3 aromatic rings. The SMILES string of the molecule is COc1ccc(-c2cnc(C(=O)Nc3ccc(C(=O)N4CCC(NC(=O)[C@@H]5C[C@@H](O)C[N+]5(C)C)CC4)c(Cl)c3)n2C)c(F)c1F. The number of likely N-dealkylation sites (N-methyl/N-ethyl adjacent to an activating group) is 1. The number of imidazole rings is 1. The normalized spacial score (nSPS) is 19.8. The molecule has 45 heavy (non-hydrogen) atoms. The van der Waals surface area contributed by atoms with Gasteiger partial charge in [0.05, 0.1) is 43.7 Å². The number of nitrogens with one attached hydrogen (secondary N) is 2. The smallest absolute Gasteiger partial charge is 0.291 e. The minimum atomic E-state index is -1.15. The minimum absolute atomic E-state index is 0.0570. The number of anilines is 1. The number of nitrogens with zero attached hydrogens (tertiary/aromatic N) is 4. The molecule has 0 saturated carbocycles. The van der Waals surface area contributed by atoms with E-state index in [1.165, 1.54) is 49.2 Å². The van der Waals surface area contributed by atoms with Crippen LogP contribution in [0.3, 0.4) is 0 Å². The highest BCUT2D eigenvalue weighted by Crippen LogP contribution is 2.31. The van der Waals surface area contributed by atoms with E-state index < -0.39 is 23.6 Å². The lowest BCUT2D eigenvalue weighted by atomic mass is 10.0. The van der Waals surface area contributed by atoms with Crippen LogP contribution < -0.4 is 15.4 Å². The molecule has 2 aliphatic rings. The summed E-state index contributed by atoms with van der Waals surface area (Å²) in [4.78, 5) is 44.9. The molecular formula is C31H36ClF2N6O5+. The number of halogens is 3. The Hall–Kier alpha value is -4.07. The van der Waals surface area contributed by atoms with Gasteiger partial charge in [-0.15, -0.1) is 0 Å². The zero-order chi connectivity index (χ0) is 32.6. The van der Waals surface area contributed by atoms with E-state index in [1.54, 1.807) is 11.0 Å². The first-order chi connectivity index (χ1) is 21.3. The molecule has 3 heterocycles. The first-order valence-electron chi connectivity index (χ1n) is 14.6. The van der Waals surface area contributed by atoms with E-state index in [0.717, 1.165) is 0 Å². The number of carbonyl (C=O) groups excluding carboxylic acids is 3. The number of aromatic nitrogens is 2. The number of aliphatic hydroxyl groups excluding tert-OH is 1. The lowest BCUT2D eigenvalue weighted by Gasteiger charge is -2.35. The molecule has 2 atom stereocenters. The minimum Gasteiger partial charge on any atom is -0.494 e. The van der Waals surface area contributed by atoms with E-state index in [0.29, 0.717) is 49.1 Å². The molecule has 0 spiro atoms. The zero-order valence-electron chi connectivity index (χ0n) is 25.4. The lowest BCUT2D eigenvalue weighted by molar-refractivity contribution is -0.894. The molecule has 3 N–H and O–H groups in total. The highest BCUT2D eigenvalue weighted by Gasteiger charge is 2.45. The summed E-state index contributed by atoms with van der Waals surface area (Å²) in [6.45, 7) is 1.40. The number of quaternary nitrogens is 1. The van der Waals surface area contributed by atoms with E-state index in [2.05, 4.69) is 15.6 Å². The van der Waals surface area contributed by atoms with E-state index in [9.17, 15) is 28.3 Å². The van der Waals surface area contributed by atoms with Crippen molar-refractivity contribution in [1.82, 2.24) is 19.8 Å². The number of methoxy groups -OCH3 is 1. The zero-order valence-corrected chi connectivity index (χ0v) is 26.2. The second-order valence-corrected chi connectivity index (χ2v) is 12.5.